The summed E-state index contributed by atoms with van der Waals surface area (Å²) in [6, 6.07) is 10.1. The average molecular weight is 455 g/mol. The third-order valence-corrected chi connectivity index (χ3v) is 5.66. The Bertz CT molecular complexity index is 1050. The smallest absolute Gasteiger partial charge is 0.295 e. The van der Waals surface area contributed by atoms with Crippen LogP contribution in [-0.4, -0.2) is 60.4 Å². The molecule has 6 nitrogen and oxygen atoms in total. The zero-order chi connectivity index (χ0) is 24.1. The molecule has 2 aromatic carbocycles. The Balaban J connectivity index is 2.06. The van der Waals surface area contributed by atoms with Gasteiger partial charge in [0.15, 0.2) is 0 Å². The molecule has 1 fully saturated rings. The van der Waals surface area contributed by atoms with Crippen LogP contribution in [0.4, 0.5) is 4.39 Å². The second-order valence-corrected chi connectivity index (χ2v) is 8.53. The van der Waals surface area contributed by atoms with E-state index in [9.17, 15) is 19.1 Å². The van der Waals surface area contributed by atoms with Crippen LogP contribution < -0.4 is 4.74 Å². The molecule has 1 amide bonds. The molecular formula is C26H31FN2O4. The van der Waals surface area contributed by atoms with Crippen LogP contribution in [0, 0.1) is 12.7 Å². The van der Waals surface area contributed by atoms with Gasteiger partial charge >= 0.3 is 0 Å². The monoisotopic (exact) mass is 454 g/mol. The molecule has 0 bridgehead atoms. The Hall–Kier alpha value is -3.19. The topological polar surface area (TPSA) is 70.1 Å². The zero-order valence-electron chi connectivity index (χ0n) is 19.6. The maximum atomic E-state index is 13.6. The fraction of sp³-hybridized carbons (Fsp3) is 0.385. The van der Waals surface area contributed by atoms with E-state index >= 15 is 0 Å². The van der Waals surface area contributed by atoms with E-state index in [0.717, 1.165) is 18.5 Å². The van der Waals surface area contributed by atoms with Gasteiger partial charge in [0.2, 0.25) is 0 Å². The minimum absolute atomic E-state index is 0.0155. The summed E-state index contributed by atoms with van der Waals surface area (Å²) in [7, 11) is 3.87. The Kier molecular flexibility index (Phi) is 7.87. The minimum atomic E-state index is -0.789. The van der Waals surface area contributed by atoms with Gasteiger partial charge in [-0.05, 0) is 81.9 Å². The largest absolute Gasteiger partial charge is 0.507 e. The number of halogens is 1. The molecule has 0 saturated carbocycles. The average Bonchev–Trinajstić information content (AvgIpc) is 3.02. The molecule has 1 unspecified atom stereocenters. The summed E-state index contributed by atoms with van der Waals surface area (Å²) in [6.45, 7) is 5.48. The highest BCUT2D eigenvalue weighted by Gasteiger charge is 2.45. The summed E-state index contributed by atoms with van der Waals surface area (Å²) in [5, 5.41) is 11.2. The molecular weight excluding hydrogens is 423 g/mol. The van der Waals surface area contributed by atoms with Gasteiger partial charge in [-0.1, -0.05) is 19.1 Å². The molecule has 1 saturated heterocycles. The lowest BCUT2D eigenvalue weighted by Crippen LogP contribution is -2.32. The maximum absolute atomic E-state index is 13.6. The molecule has 1 aliphatic rings. The van der Waals surface area contributed by atoms with Crippen molar-refractivity contribution in [3.05, 3.63) is 70.5 Å². The molecule has 2 aromatic rings. The summed E-state index contributed by atoms with van der Waals surface area (Å²) in [5.41, 5.74) is 1.76. The second kappa shape index (κ2) is 10.6. The van der Waals surface area contributed by atoms with E-state index in [1.807, 2.05) is 32.8 Å². The van der Waals surface area contributed by atoms with Crippen LogP contribution >= 0.6 is 0 Å². The molecule has 0 spiro atoms. The summed E-state index contributed by atoms with van der Waals surface area (Å²) in [4.78, 5) is 29.5. The standard InChI is InChI=1S/C26H31FN2O4/c1-5-15-33-20-11-12-21(17(2)16-20)24(30)22-23(18-7-9-19(27)10-8-18)29(26(32)25(22)31)14-6-13-28(3)4/h7-12,16,23,30H,5-6,13-15H2,1-4H3. The first-order chi connectivity index (χ1) is 15.7. The van der Waals surface area contributed by atoms with Crippen LogP contribution in [0.5, 0.6) is 5.75 Å². The molecule has 1 atom stereocenters. The van der Waals surface area contributed by atoms with Crippen LogP contribution in [0.2, 0.25) is 0 Å². The molecule has 1 N–H and O–H groups in total. The Labute approximate surface area is 194 Å². The highest BCUT2D eigenvalue weighted by atomic mass is 19.1. The molecule has 0 aromatic heterocycles. The number of rotatable bonds is 9. The first kappa shape index (κ1) is 24.5. The summed E-state index contributed by atoms with van der Waals surface area (Å²) < 4.78 is 19.2. The number of amides is 1. The number of hydrogen-bond donors (Lipinski definition) is 1. The highest BCUT2D eigenvalue weighted by Crippen LogP contribution is 2.40. The van der Waals surface area contributed by atoms with E-state index in [0.29, 0.717) is 36.4 Å². The Morgan fingerprint density at radius 3 is 2.45 bits per heavy atom. The summed E-state index contributed by atoms with van der Waals surface area (Å²) in [6.07, 6.45) is 1.52. The van der Waals surface area contributed by atoms with E-state index in [1.165, 1.54) is 17.0 Å². The van der Waals surface area contributed by atoms with Gasteiger partial charge in [0.1, 0.15) is 17.3 Å². The Morgan fingerprint density at radius 2 is 1.85 bits per heavy atom. The van der Waals surface area contributed by atoms with Crippen LogP contribution in [0.25, 0.3) is 5.76 Å². The van der Waals surface area contributed by atoms with Crippen molar-refractivity contribution in [2.24, 2.45) is 0 Å². The number of aryl methyl sites for hydroxylation is 1. The number of Topliss-reactive ketones (excluding diaryl/α,β-unsaturated/α-hetero) is 1. The number of nitrogens with zero attached hydrogens (tertiary/aromatic N) is 2. The van der Waals surface area contributed by atoms with E-state index in [1.54, 1.807) is 30.3 Å². The molecule has 0 radical (unpaired) electrons. The number of carbonyl (C=O) groups is 2. The van der Waals surface area contributed by atoms with Gasteiger partial charge in [-0.3, -0.25) is 9.59 Å². The first-order valence-corrected chi connectivity index (χ1v) is 11.2. The number of benzene rings is 2. The maximum Gasteiger partial charge on any atom is 0.295 e. The fourth-order valence-corrected chi connectivity index (χ4v) is 4.02. The predicted molar refractivity (Wildman–Crippen MR) is 126 cm³/mol. The number of likely N-dealkylation sites (tertiary alicyclic amines) is 1. The lowest BCUT2D eigenvalue weighted by Gasteiger charge is -2.26. The molecule has 0 aliphatic carbocycles. The van der Waals surface area contributed by atoms with Gasteiger partial charge in [-0.15, -0.1) is 0 Å². The zero-order valence-corrected chi connectivity index (χ0v) is 19.6. The molecule has 33 heavy (non-hydrogen) atoms. The quantitative estimate of drug-likeness (QED) is 0.348. The van der Waals surface area contributed by atoms with Crippen molar-refractivity contribution in [3.63, 3.8) is 0 Å². The van der Waals surface area contributed by atoms with Gasteiger partial charge in [-0.25, -0.2) is 4.39 Å². The van der Waals surface area contributed by atoms with E-state index < -0.39 is 23.5 Å². The number of carbonyl (C=O) groups excluding carboxylic acids is 2. The van der Waals surface area contributed by atoms with Gasteiger partial charge in [-0.2, -0.15) is 0 Å². The van der Waals surface area contributed by atoms with Crippen molar-refractivity contribution in [2.45, 2.75) is 32.7 Å². The third kappa shape index (κ3) is 5.42. The number of ketones is 1. The number of hydrogen-bond acceptors (Lipinski definition) is 5. The predicted octanol–water partition coefficient (Wildman–Crippen LogP) is 4.30. The van der Waals surface area contributed by atoms with Gasteiger partial charge in [0.05, 0.1) is 18.2 Å². The molecule has 3 rings (SSSR count). The lowest BCUT2D eigenvalue weighted by atomic mass is 9.94. The van der Waals surface area contributed by atoms with Crippen molar-refractivity contribution in [1.82, 2.24) is 9.80 Å². The van der Waals surface area contributed by atoms with Gasteiger partial charge in [0, 0.05) is 12.1 Å². The van der Waals surface area contributed by atoms with Crippen molar-refractivity contribution < 1.29 is 23.8 Å². The van der Waals surface area contributed by atoms with Crippen molar-refractivity contribution in [1.29, 1.82) is 0 Å². The highest BCUT2D eigenvalue weighted by molar-refractivity contribution is 6.46. The van der Waals surface area contributed by atoms with Crippen molar-refractivity contribution in [2.75, 3.05) is 33.8 Å². The van der Waals surface area contributed by atoms with E-state index in [2.05, 4.69) is 0 Å². The third-order valence-electron chi connectivity index (χ3n) is 5.66. The lowest BCUT2D eigenvalue weighted by molar-refractivity contribution is -0.139. The number of aliphatic hydroxyl groups excluding tert-OH is 1. The van der Waals surface area contributed by atoms with Gasteiger partial charge < -0.3 is 19.6 Å². The van der Waals surface area contributed by atoms with Crippen molar-refractivity contribution in [3.8, 4) is 5.75 Å². The number of aliphatic hydroxyl groups is 1. The van der Waals surface area contributed by atoms with E-state index in [4.69, 9.17) is 4.74 Å². The Morgan fingerprint density at radius 1 is 1.15 bits per heavy atom. The normalized spacial score (nSPS) is 17.8. The van der Waals surface area contributed by atoms with Crippen LogP contribution in [0.1, 0.15) is 42.5 Å². The summed E-state index contributed by atoms with van der Waals surface area (Å²) in [5.74, 6) is -1.38. The fourth-order valence-electron chi connectivity index (χ4n) is 4.02. The molecule has 1 heterocycles. The SMILES string of the molecule is CCCOc1ccc(C(O)=C2C(=O)C(=O)N(CCCN(C)C)C2c2ccc(F)cc2)c(C)c1. The minimum Gasteiger partial charge on any atom is -0.507 e. The van der Waals surface area contributed by atoms with Crippen LogP contribution in [0.3, 0.4) is 0 Å². The van der Waals surface area contributed by atoms with Crippen LogP contribution in [0.15, 0.2) is 48.0 Å². The van der Waals surface area contributed by atoms with Gasteiger partial charge in [0.25, 0.3) is 11.7 Å². The number of ether oxygens (including phenoxy) is 1. The molecule has 1 aliphatic heterocycles. The second-order valence-electron chi connectivity index (χ2n) is 8.53. The van der Waals surface area contributed by atoms with E-state index in [-0.39, 0.29) is 11.3 Å². The van der Waals surface area contributed by atoms with Crippen molar-refractivity contribution >= 4 is 17.4 Å². The first-order valence-electron chi connectivity index (χ1n) is 11.2. The van der Waals surface area contributed by atoms with Crippen LogP contribution in [-0.2, 0) is 9.59 Å². The molecule has 176 valence electrons. The molecule has 7 heteroatoms. The summed E-state index contributed by atoms with van der Waals surface area (Å²) >= 11 is 0.